The Hall–Kier alpha value is -2.48. The van der Waals surface area contributed by atoms with Gasteiger partial charge in [-0.25, -0.2) is 0 Å². The maximum absolute atomic E-state index is 6.28. The topological polar surface area (TPSA) is 58.4 Å². The molecule has 0 aliphatic carbocycles. The summed E-state index contributed by atoms with van der Waals surface area (Å²) in [6.07, 6.45) is 1.83. The van der Waals surface area contributed by atoms with Gasteiger partial charge in [0.25, 0.3) is 0 Å². The second-order valence-corrected chi connectivity index (χ2v) is 7.74. The maximum Gasteiger partial charge on any atom is 0.192 e. The van der Waals surface area contributed by atoms with Crippen molar-refractivity contribution >= 4 is 23.4 Å². The number of para-hydroxylation sites is 1. The zero-order valence-electron chi connectivity index (χ0n) is 15.9. The van der Waals surface area contributed by atoms with Gasteiger partial charge in [0.1, 0.15) is 11.5 Å². The zero-order valence-corrected chi connectivity index (χ0v) is 17.5. The maximum atomic E-state index is 6.28. The van der Waals surface area contributed by atoms with Crippen molar-refractivity contribution in [2.24, 2.45) is 0 Å². The molecule has 1 aliphatic heterocycles. The highest BCUT2D eigenvalue weighted by Crippen LogP contribution is 2.36. The van der Waals surface area contributed by atoms with Crippen molar-refractivity contribution in [3.8, 4) is 22.9 Å². The van der Waals surface area contributed by atoms with E-state index < -0.39 is 0 Å². The third-order valence-corrected chi connectivity index (χ3v) is 5.72. The van der Waals surface area contributed by atoms with Crippen molar-refractivity contribution in [3.05, 3.63) is 65.2 Å². The molecule has 1 aromatic heterocycles. The number of aromatic nitrogens is 3. The minimum Gasteiger partial charge on any atom is -0.496 e. The first-order chi connectivity index (χ1) is 14.2. The van der Waals surface area contributed by atoms with Crippen LogP contribution in [0.5, 0.6) is 11.5 Å². The van der Waals surface area contributed by atoms with Crippen molar-refractivity contribution in [2.75, 3.05) is 13.9 Å². The first-order valence-corrected chi connectivity index (χ1v) is 10.4. The van der Waals surface area contributed by atoms with Crippen LogP contribution in [-0.4, -0.2) is 28.7 Å². The first kappa shape index (κ1) is 19.8. The van der Waals surface area contributed by atoms with E-state index in [0.29, 0.717) is 23.9 Å². The molecule has 2 heterocycles. The van der Waals surface area contributed by atoms with Crippen LogP contribution in [0.2, 0.25) is 5.02 Å². The molecule has 0 fully saturated rings. The van der Waals surface area contributed by atoms with Gasteiger partial charge in [0.15, 0.2) is 17.8 Å². The number of benzene rings is 2. The largest absolute Gasteiger partial charge is 0.496 e. The molecule has 0 bridgehead atoms. The molecule has 1 aliphatic rings. The summed E-state index contributed by atoms with van der Waals surface area (Å²) in [5.41, 5.74) is 2.85. The van der Waals surface area contributed by atoms with Gasteiger partial charge in [-0.05, 0) is 24.3 Å². The third-order valence-electron chi connectivity index (χ3n) is 4.48. The first-order valence-electron chi connectivity index (χ1n) is 9.03. The summed E-state index contributed by atoms with van der Waals surface area (Å²) in [6.45, 7) is 5.20. The normalized spacial score (nSPS) is 12.9. The van der Waals surface area contributed by atoms with E-state index in [1.54, 1.807) is 18.9 Å². The molecular weight excluding hydrogens is 410 g/mol. The van der Waals surface area contributed by atoms with Crippen molar-refractivity contribution in [1.82, 2.24) is 14.8 Å². The van der Waals surface area contributed by atoms with Crippen molar-refractivity contribution in [2.45, 2.75) is 24.1 Å². The standard InChI is InChI=1S/C21H20ClN3O3S/c1-3-8-25-20(17-6-4-5-7-18(17)26-2)23-24-21(25)29-12-15-10-16(22)9-14-11-27-13-28-19(14)15/h3-7,9-10H,1,8,11-13H2,2H3. The van der Waals surface area contributed by atoms with Crippen LogP contribution in [0, 0.1) is 0 Å². The number of allylic oxidation sites excluding steroid dienone is 1. The van der Waals surface area contributed by atoms with Gasteiger partial charge < -0.3 is 14.2 Å². The predicted octanol–water partition coefficient (Wildman–Crippen LogP) is 4.95. The third kappa shape index (κ3) is 4.12. The van der Waals surface area contributed by atoms with Gasteiger partial charge in [0, 0.05) is 28.4 Å². The molecule has 150 valence electrons. The second kappa shape index (κ2) is 8.90. The van der Waals surface area contributed by atoms with Crippen LogP contribution in [0.3, 0.4) is 0 Å². The summed E-state index contributed by atoms with van der Waals surface area (Å²) < 4.78 is 18.6. The minimum absolute atomic E-state index is 0.247. The van der Waals surface area contributed by atoms with E-state index in [2.05, 4.69) is 16.8 Å². The highest BCUT2D eigenvalue weighted by Gasteiger charge is 2.20. The van der Waals surface area contributed by atoms with Crippen LogP contribution in [0.25, 0.3) is 11.4 Å². The number of fused-ring (bicyclic) bond motifs is 1. The summed E-state index contributed by atoms with van der Waals surface area (Å²) in [4.78, 5) is 0. The second-order valence-electron chi connectivity index (χ2n) is 6.36. The van der Waals surface area contributed by atoms with Gasteiger partial charge in [0.2, 0.25) is 0 Å². The molecule has 2 aromatic carbocycles. The number of rotatable bonds is 7. The molecule has 0 atom stereocenters. The predicted molar refractivity (Wildman–Crippen MR) is 114 cm³/mol. The Balaban J connectivity index is 1.64. The van der Waals surface area contributed by atoms with Gasteiger partial charge in [-0.3, -0.25) is 4.57 Å². The Bertz CT molecular complexity index is 1040. The Morgan fingerprint density at radius 2 is 2.17 bits per heavy atom. The Morgan fingerprint density at radius 1 is 1.31 bits per heavy atom. The van der Waals surface area contributed by atoms with Gasteiger partial charge in [-0.15, -0.1) is 16.8 Å². The summed E-state index contributed by atoms with van der Waals surface area (Å²) in [7, 11) is 1.65. The van der Waals surface area contributed by atoms with E-state index in [0.717, 1.165) is 39.2 Å². The molecule has 3 aromatic rings. The summed E-state index contributed by atoms with van der Waals surface area (Å²) in [5, 5.41) is 10.3. The van der Waals surface area contributed by atoms with E-state index in [1.807, 2.05) is 47.0 Å². The lowest BCUT2D eigenvalue weighted by Gasteiger charge is -2.21. The summed E-state index contributed by atoms with van der Waals surface area (Å²) in [5.74, 6) is 2.97. The fourth-order valence-corrected chi connectivity index (χ4v) is 4.40. The Morgan fingerprint density at radius 3 is 3.00 bits per heavy atom. The van der Waals surface area contributed by atoms with E-state index in [1.165, 1.54) is 0 Å². The zero-order chi connectivity index (χ0) is 20.2. The highest BCUT2D eigenvalue weighted by atomic mass is 35.5. The van der Waals surface area contributed by atoms with E-state index in [4.69, 9.17) is 25.8 Å². The number of ether oxygens (including phenoxy) is 3. The number of thioether (sulfide) groups is 1. The molecule has 0 radical (unpaired) electrons. The van der Waals surface area contributed by atoms with Gasteiger partial charge in [-0.2, -0.15) is 0 Å². The number of halogens is 1. The fraction of sp³-hybridized carbons (Fsp3) is 0.238. The van der Waals surface area contributed by atoms with Crippen LogP contribution in [0.4, 0.5) is 0 Å². The smallest absolute Gasteiger partial charge is 0.192 e. The molecule has 0 N–H and O–H groups in total. The Kier molecular flexibility index (Phi) is 6.08. The van der Waals surface area contributed by atoms with E-state index in [-0.39, 0.29) is 6.79 Å². The molecule has 0 saturated heterocycles. The number of hydrogen-bond donors (Lipinski definition) is 0. The molecule has 0 spiro atoms. The number of nitrogens with zero attached hydrogens (tertiary/aromatic N) is 3. The van der Waals surface area contributed by atoms with Crippen LogP contribution < -0.4 is 9.47 Å². The lowest BCUT2D eigenvalue weighted by atomic mass is 10.1. The van der Waals surface area contributed by atoms with E-state index in [9.17, 15) is 0 Å². The van der Waals surface area contributed by atoms with Crippen LogP contribution in [0.15, 0.2) is 54.2 Å². The molecule has 29 heavy (non-hydrogen) atoms. The molecule has 0 unspecified atom stereocenters. The average Bonchev–Trinajstić information content (AvgIpc) is 3.14. The van der Waals surface area contributed by atoms with Gasteiger partial charge in [-0.1, -0.05) is 41.6 Å². The molecule has 0 saturated carbocycles. The number of hydrogen-bond acceptors (Lipinski definition) is 6. The molecule has 8 heteroatoms. The van der Waals surface area contributed by atoms with Crippen molar-refractivity contribution in [1.29, 1.82) is 0 Å². The molecular formula is C21H20ClN3O3S. The summed E-state index contributed by atoms with van der Waals surface area (Å²) in [6, 6.07) is 11.6. The van der Waals surface area contributed by atoms with E-state index >= 15 is 0 Å². The Labute approximate surface area is 178 Å². The SMILES string of the molecule is C=CCn1c(SCc2cc(Cl)cc3c2OCOC3)nnc1-c1ccccc1OC. The molecule has 0 amide bonds. The van der Waals surface area contributed by atoms with Crippen LogP contribution in [0.1, 0.15) is 11.1 Å². The minimum atomic E-state index is 0.247. The quantitative estimate of drug-likeness (QED) is 0.391. The van der Waals surface area contributed by atoms with Crippen molar-refractivity contribution < 1.29 is 14.2 Å². The highest BCUT2D eigenvalue weighted by molar-refractivity contribution is 7.98. The van der Waals surface area contributed by atoms with Gasteiger partial charge in [0.05, 0.1) is 19.3 Å². The molecule has 4 rings (SSSR count). The van der Waals surface area contributed by atoms with Crippen molar-refractivity contribution in [3.63, 3.8) is 0 Å². The lowest BCUT2D eigenvalue weighted by Crippen LogP contribution is -2.13. The monoisotopic (exact) mass is 429 g/mol. The van der Waals surface area contributed by atoms with Crippen LogP contribution in [-0.2, 0) is 23.6 Å². The van der Waals surface area contributed by atoms with Crippen LogP contribution >= 0.6 is 23.4 Å². The number of methoxy groups -OCH3 is 1. The average molecular weight is 430 g/mol. The summed E-state index contributed by atoms with van der Waals surface area (Å²) >= 11 is 7.85. The van der Waals surface area contributed by atoms with Gasteiger partial charge >= 0.3 is 0 Å². The molecule has 6 nitrogen and oxygen atoms in total. The lowest BCUT2D eigenvalue weighted by molar-refractivity contribution is -0.0168. The fourth-order valence-electron chi connectivity index (χ4n) is 3.22.